The molecule has 0 fully saturated rings. The summed E-state index contributed by atoms with van der Waals surface area (Å²) in [4.78, 5) is 16.1. The van der Waals surface area contributed by atoms with E-state index in [1.165, 1.54) is 5.39 Å². The van der Waals surface area contributed by atoms with Gasteiger partial charge in [-0.3, -0.25) is 4.57 Å². The van der Waals surface area contributed by atoms with Crippen LogP contribution in [0.1, 0.15) is 5.69 Å². The molecule has 1 aromatic carbocycles. The molecule has 0 saturated carbocycles. The fraction of sp³-hybridized carbons (Fsp3) is 0.0714. The van der Waals surface area contributed by atoms with Crippen molar-refractivity contribution >= 4 is 22.1 Å². The van der Waals surface area contributed by atoms with Crippen molar-refractivity contribution < 1.29 is 0 Å². The highest BCUT2D eigenvalue weighted by molar-refractivity contribution is 5.82. The zero-order valence-electron chi connectivity index (χ0n) is 10.3. The van der Waals surface area contributed by atoms with Crippen LogP contribution in [0.3, 0.4) is 0 Å². The summed E-state index contributed by atoms with van der Waals surface area (Å²) in [5, 5.41) is 1.19. The number of H-pyrrole nitrogens is 1. The summed E-state index contributed by atoms with van der Waals surface area (Å²) in [5.41, 5.74) is 4.71. The average Bonchev–Trinajstić information content (AvgIpc) is 3.04. The maximum Gasteiger partial charge on any atom is 0.168 e. The molecule has 19 heavy (non-hydrogen) atoms. The van der Waals surface area contributed by atoms with Crippen LogP contribution in [0.15, 0.2) is 43.1 Å². The van der Waals surface area contributed by atoms with Crippen molar-refractivity contribution in [3.63, 3.8) is 0 Å². The monoisotopic (exact) mass is 249 g/mol. The molecule has 0 spiro atoms. The maximum atomic E-state index is 4.39. The minimum Gasteiger partial charge on any atom is -0.361 e. The minimum atomic E-state index is 0.832. The van der Waals surface area contributed by atoms with Crippen molar-refractivity contribution in [1.29, 1.82) is 0 Å². The van der Waals surface area contributed by atoms with Crippen LogP contribution in [0.5, 0.6) is 0 Å². The number of rotatable bonds is 1. The molecule has 5 heteroatoms. The first kappa shape index (κ1) is 10.3. The van der Waals surface area contributed by atoms with Crippen LogP contribution < -0.4 is 0 Å². The fourth-order valence-corrected chi connectivity index (χ4v) is 2.33. The van der Waals surface area contributed by atoms with Crippen LogP contribution in [-0.4, -0.2) is 24.5 Å². The lowest BCUT2D eigenvalue weighted by Crippen LogP contribution is -1.95. The van der Waals surface area contributed by atoms with Gasteiger partial charge in [0.05, 0.1) is 11.4 Å². The minimum absolute atomic E-state index is 0.832. The molecule has 0 aliphatic carbocycles. The zero-order valence-corrected chi connectivity index (χ0v) is 10.3. The third kappa shape index (κ3) is 1.45. The van der Waals surface area contributed by atoms with Gasteiger partial charge in [0.1, 0.15) is 18.2 Å². The molecule has 5 nitrogen and oxygen atoms in total. The molecule has 0 radical (unpaired) electrons. The number of benzene rings is 1. The van der Waals surface area contributed by atoms with Gasteiger partial charge >= 0.3 is 0 Å². The summed E-state index contributed by atoms with van der Waals surface area (Å²) in [7, 11) is 0. The van der Waals surface area contributed by atoms with Gasteiger partial charge in [0.25, 0.3) is 0 Å². The molecular weight excluding hydrogens is 238 g/mol. The van der Waals surface area contributed by atoms with E-state index in [9.17, 15) is 0 Å². The first-order chi connectivity index (χ1) is 9.33. The molecule has 3 aromatic heterocycles. The van der Waals surface area contributed by atoms with E-state index >= 15 is 0 Å². The van der Waals surface area contributed by atoms with Crippen LogP contribution >= 0.6 is 0 Å². The van der Waals surface area contributed by atoms with E-state index < -0.39 is 0 Å². The highest BCUT2D eigenvalue weighted by Gasteiger charge is 2.09. The summed E-state index contributed by atoms with van der Waals surface area (Å²) in [6.07, 6.45) is 5.30. The maximum absolute atomic E-state index is 4.39. The number of imidazole rings is 1. The first-order valence-corrected chi connectivity index (χ1v) is 6.05. The lowest BCUT2D eigenvalue weighted by atomic mass is 10.2. The Balaban J connectivity index is 2.00. The Morgan fingerprint density at radius 3 is 3.00 bits per heavy atom. The molecule has 1 N–H and O–H groups in total. The molecule has 3 heterocycles. The van der Waals surface area contributed by atoms with Gasteiger partial charge in [-0.25, -0.2) is 15.0 Å². The SMILES string of the molecule is Cc1ncnc2c1ncn2-c1ccc2cc[nH]c2c1. The Hall–Kier alpha value is -2.69. The predicted octanol–water partition coefficient (Wildman–Crippen LogP) is 2.61. The van der Waals surface area contributed by atoms with E-state index in [-0.39, 0.29) is 0 Å². The number of nitrogens with zero attached hydrogens (tertiary/aromatic N) is 4. The lowest BCUT2D eigenvalue weighted by molar-refractivity contribution is 1.06. The second-order valence-corrected chi connectivity index (χ2v) is 4.50. The van der Waals surface area contributed by atoms with Crippen LogP contribution in [0, 0.1) is 6.92 Å². The third-order valence-electron chi connectivity index (χ3n) is 3.33. The Morgan fingerprint density at radius 2 is 2.05 bits per heavy atom. The second kappa shape index (κ2) is 3.65. The van der Waals surface area contributed by atoms with E-state index in [4.69, 9.17) is 0 Å². The van der Waals surface area contributed by atoms with Gasteiger partial charge in [-0.1, -0.05) is 6.07 Å². The van der Waals surface area contributed by atoms with E-state index in [0.717, 1.165) is 28.1 Å². The largest absolute Gasteiger partial charge is 0.361 e. The van der Waals surface area contributed by atoms with Gasteiger partial charge in [0, 0.05) is 11.7 Å². The Kier molecular flexibility index (Phi) is 1.97. The normalized spacial score (nSPS) is 11.4. The van der Waals surface area contributed by atoms with E-state index in [1.54, 1.807) is 12.7 Å². The number of hydrogen-bond donors (Lipinski definition) is 1. The molecule has 0 amide bonds. The van der Waals surface area contributed by atoms with Crippen molar-refractivity contribution in [3.8, 4) is 5.69 Å². The summed E-state index contributed by atoms with van der Waals surface area (Å²) < 4.78 is 1.98. The third-order valence-corrected chi connectivity index (χ3v) is 3.33. The lowest BCUT2D eigenvalue weighted by Gasteiger charge is -2.03. The predicted molar refractivity (Wildman–Crippen MR) is 73.3 cm³/mol. The average molecular weight is 249 g/mol. The summed E-state index contributed by atoms with van der Waals surface area (Å²) in [6.45, 7) is 1.94. The van der Waals surface area contributed by atoms with Crippen LogP contribution in [0.2, 0.25) is 0 Å². The summed E-state index contributed by atoms with van der Waals surface area (Å²) in [5.74, 6) is 0. The van der Waals surface area contributed by atoms with Crippen molar-refractivity contribution in [2.75, 3.05) is 0 Å². The van der Waals surface area contributed by atoms with Crippen LogP contribution in [-0.2, 0) is 0 Å². The molecular formula is C14H11N5. The molecule has 0 aliphatic rings. The molecule has 4 aromatic rings. The number of hydrogen-bond acceptors (Lipinski definition) is 3. The van der Waals surface area contributed by atoms with Gasteiger partial charge in [0.15, 0.2) is 5.65 Å². The number of nitrogens with one attached hydrogen (secondary N) is 1. The van der Waals surface area contributed by atoms with Gasteiger partial charge in [-0.2, -0.15) is 0 Å². The molecule has 4 rings (SSSR count). The summed E-state index contributed by atoms with van der Waals surface area (Å²) in [6, 6.07) is 8.29. The molecule has 0 saturated heterocycles. The summed E-state index contributed by atoms with van der Waals surface area (Å²) >= 11 is 0. The van der Waals surface area contributed by atoms with Gasteiger partial charge in [-0.15, -0.1) is 0 Å². The highest BCUT2D eigenvalue weighted by atomic mass is 15.1. The molecule has 0 atom stereocenters. The van der Waals surface area contributed by atoms with Crippen molar-refractivity contribution in [2.45, 2.75) is 6.92 Å². The topological polar surface area (TPSA) is 59.4 Å². The molecule has 0 bridgehead atoms. The Bertz CT molecular complexity index is 887. The number of aryl methyl sites for hydroxylation is 1. The molecule has 0 unspecified atom stereocenters. The zero-order chi connectivity index (χ0) is 12.8. The van der Waals surface area contributed by atoms with E-state index in [0.29, 0.717) is 0 Å². The van der Waals surface area contributed by atoms with Crippen molar-refractivity contribution in [2.24, 2.45) is 0 Å². The van der Waals surface area contributed by atoms with Crippen LogP contribution in [0.4, 0.5) is 0 Å². The Morgan fingerprint density at radius 1 is 1.11 bits per heavy atom. The standard InChI is InChI=1S/C14H11N5/c1-9-13-14(17-7-16-9)19(8-18-13)11-3-2-10-4-5-15-12(10)6-11/h2-8,15H,1H3. The molecule has 0 aliphatic heterocycles. The van der Waals surface area contributed by atoms with Crippen molar-refractivity contribution in [1.82, 2.24) is 24.5 Å². The van der Waals surface area contributed by atoms with Crippen LogP contribution in [0.25, 0.3) is 27.8 Å². The smallest absolute Gasteiger partial charge is 0.168 e. The van der Waals surface area contributed by atoms with Gasteiger partial charge in [0.2, 0.25) is 0 Å². The van der Waals surface area contributed by atoms with Crippen molar-refractivity contribution in [3.05, 3.63) is 48.8 Å². The molecule has 92 valence electrons. The second-order valence-electron chi connectivity index (χ2n) is 4.50. The first-order valence-electron chi connectivity index (χ1n) is 6.05. The number of aromatic nitrogens is 5. The Labute approximate surface area is 109 Å². The highest BCUT2D eigenvalue weighted by Crippen LogP contribution is 2.21. The number of fused-ring (bicyclic) bond motifs is 2. The van der Waals surface area contributed by atoms with Gasteiger partial charge in [-0.05, 0) is 30.5 Å². The van der Waals surface area contributed by atoms with Gasteiger partial charge < -0.3 is 4.98 Å². The number of aromatic amines is 1. The quantitative estimate of drug-likeness (QED) is 0.564. The van der Waals surface area contributed by atoms with E-state index in [1.807, 2.05) is 17.7 Å². The van der Waals surface area contributed by atoms with E-state index in [2.05, 4.69) is 44.2 Å². The fourth-order valence-electron chi connectivity index (χ4n) is 2.33.